The lowest BCUT2D eigenvalue weighted by Gasteiger charge is -2.38. The van der Waals surface area contributed by atoms with E-state index in [-0.39, 0.29) is 18.0 Å². The van der Waals surface area contributed by atoms with Gasteiger partial charge in [-0.1, -0.05) is 60.7 Å². The second-order valence-corrected chi connectivity index (χ2v) is 5.58. The maximum atomic E-state index is 6.34. The molecule has 0 saturated carbocycles. The van der Waals surface area contributed by atoms with Gasteiger partial charge in [0.05, 0.1) is 0 Å². The molecule has 0 aliphatic carbocycles. The van der Waals surface area contributed by atoms with Gasteiger partial charge in [0, 0.05) is 12.6 Å². The average Bonchev–Trinajstić information content (AvgIpc) is 2.95. The Hall–Kier alpha value is -1.35. The van der Waals surface area contributed by atoms with E-state index in [0.29, 0.717) is 6.04 Å². The fraction of sp³-hybridized carbons (Fsp3) is 0.333. The fourth-order valence-corrected chi connectivity index (χ4v) is 3.34. The zero-order valence-electron chi connectivity index (χ0n) is 12.5. The van der Waals surface area contributed by atoms with Crippen molar-refractivity contribution in [2.75, 3.05) is 20.7 Å². The Labute approximate surface area is 133 Å². The minimum atomic E-state index is -0.355. The van der Waals surface area contributed by atoms with Crippen molar-refractivity contribution < 1.29 is 4.74 Å². The van der Waals surface area contributed by atoms with Crippen LogP contribution in [-0.2, 0) is 10.3 Å². The molecule has 1 atom stereocenters. The quantitative estimate of drug-likeness (QED) is 0.857. The third kappa shape index (κ3) is 2.71. The summed E-state index contributed by atoms with van der Waals surface area (Å²) >= 11 is 0. The smallest absolute Gasteiger partial charge is 0.134 e. The van der Waals surface area contributed by atoms with E-state index in [1.54, 1.807) is 0 Å². The number of nitrogens with zero attached hydrogens (tertiary/aromatic N) is 1. The van der Waals surface area contributed by atoms with Gasteiger partial charge in [-0.15, -0.1) is 12.4 Å². The summed E-state index contributed by atoms with van der Waals surface area (Å²) in [7, 11) is 4.28. The lowest BCUT2D eigenvalue weighted by molar-refractivity contribution is -0.000343. The molecule has 1 fully saturated rings. The van der Waals surface area contributed by atoms with E-state index < -0.39 is 0 Å². The summed E-state index contributed by atoms with van der Waals surface area (Å²) in [4.78, 5) is 2.28. The van der Waals surface area contributed by atoms with Crippen LogP contribution in [-0.4, -0.2) is 31.6 Å². The molecule has 1 heterocycles. The first-order chi connectivity index (χ1) is 9.75. The molecule has 0 radical (unpaired) electrons. The van der Waals surface area contributed by atoms with Crippen LogP contribution < -0.4 is 0 Å². The lowest BCUT2D eigenvalue weighted by Crippen LogP contribution is -2.45. The third-order valence-electron chi connectivity index (χ3n) is 4.22. The maximum Gasteiger partial charge on any atom is 0.134 e. The average molecular weight is 304 g/mol. The second-order valence-electron chi connectivity index (χ2n) is 5.58. The van der Waals surface area contributed by atoms with Crippen LogP contribution in [0.1, 0.15) is 17.5 Å². The van der Waals surface area contributed by atoms with E-state index in [2.05, 4.69) is 79.7 Å². The molecule has 2 aromatic carbocycles. The Balaban J connectivity index is 0.00000161. The van der Waals surface area contributed by atoms with Crippen LogP contribution in [0, 0.1) is 0 Å². The first-order valence-electron chi connectivity index (χ1n) is 7.16. The van der Waals surface area contributed by atoms with Gasteiger partial charge in [0.15, 0.2) is 0 Å². The summed E-state index contributed by atoms with van der Waals surface area (Å²) in [5.41, 5.74) is 2.12. The molecule has 0 N–H and O–H groups in total. The second kappa shape index (κ2) is 6.61. The molecule has 2 nitrogen and oxygen atoms in total. The van der Waals surface area contributed by atoms with Gasteiger partial charge in [0.2, 0.25) is 0 Å². The number of halogens is 1. The summed E-state index contributed by atoms with van der Waals surface area (Å²) in [6, 6.07) is 21.5. The van der Waals surface area contributed by atoms with E-state index in [1.807, 2.05) is 0 Å². The number of rotatable bonds is 3. The molecule has 1 saturated heterocycles. The predicted octanol–water partition coefficient (Wildman–Crippen LogP) is 3.70. The number of ether oxygens (including phenoxy) is 1. The van der Waals surface area contributed by atoms with Crippen LogP contribution in [0.3, 0.4) is 0 Å². The van der Waals surface area contributed by atoms with Crippen molar-refractivity contribution in [3.05, 3.63) is 71.8 Å². The Morgan fingerprint density at radius 1 is 0.905 bits per heavy atom. The van der Waals surface area contributed by atoms with Crippen LogP contribution in [0.5, 0.6) is 0 Å². The number of hydrogen-bond donors (Lipinski definition) is 0. The van der Waals surface area contributed by atoms with Crippen LogP contribution >= 0.6 is 12.4 Å². The molecule has 21 heavy (non-hydrogen) atoms. The molecular weight excluding hydrogens is 282 g/mol. The molecule has 1 aliphatic rings. The number of likely N-dealkylation sites (N-methyl/N-ethyl adjacent to an activating group) is 1. The van der Waals surface area contributed by atoms with E-state index in [4.69, 9.17) is 4.74 Å². The van der Waals surface area contributed by atoms with Gasteiger partial charge >= 0.3 is 0 Å². The van der Waals surface area contributed by atoms with Crippen molar-refractivity contribution in [2.45, 2.75) is 18.1 Å². The molecule has 1 aliphatic heterocycles. The zero-order valence-corrected chi connectivity index (χ0v) is 13.3. The van der Waals surface area contributed by atoms with Crippen molar-refractivity contribution in [3.8, 4) is 0 Å². The molecule has 0 bridgehead atoms. The van der Waals surface area contributed by atoms with Gasteiger partial charge in [-0.2, -0.15) is 0 Å². The van der Waals surface area contributed by atoms with Crippen molar-refractivity contribution >= 4 is 12.4 Å². The molecular formula is C18H22ClNO. The zero-order chi connectivity index (χ0) is 14.0. The third-order valence-corrected chi connectivity index (χ3v) is 4.22. The summed E-state index contributed by atoms with van der Waals surface area (Å²) in [5, 5.41) is 0. The summed E-state index contributed by atoms with van der Waals surface area (Å²) in [6.45, 7) is 0.798. The molecule has 0 aromatic heterocycles. The van der Waals surface area contributed by atoms with E-state index in [0.717, 1.165) is 13.0 Å². The van der Waals surface area contributed by atoms with Gasteiger partial charge < -0.3 is 9.64 Å². The lowest BCUT2D eigenvalue weighted by atomic mass is 9.80. The van der Waals surface area contributed by atoms with E-state index in [1.165, 1.54) is 11.1 Å². The van der Waals surface area contributed by atoms with Gasteiger partial charge in [0.25, 0.3) is 0 Å². The largest absolute Gasteiger partial charge is 0.364 e. The van der Waals surface area contributed by atoms with Crippen LogP contribution in [0.2, 0.25) is 0 Å². The van der Waals surface area contributed by atoms with Crippen molar-refractivity contribution in [3.63, 3.8) is 0 Å². The van der Waals surface area contributed by atoms with Gasteiger partial charge in [-0.3, -0.25) is 0 Å². The van der Waals surface area contributed by atoms with E-state index in [9.17, 15) is 0 Å². The van der Waals surface area contributed by atoms with Gasteiger partial charge in [0.1, 0.15) is 5.60 Å². The molecule has 3 rings (SSSR count). The van der Waals surface area contributed by atoms with Crippen LogP contribution in [0.15, 0.2) is 60.7 Å². The van der Waals surface area contributed by atoms with Gasteiger partial charge in [-0.25, -0.2) is 0 Å². The first-order valence-corrected chi connectivity index (χ1v) is 7.16. The van der Waals surface area contributed by atoms with Crippen molar-refractivity contribution in [1.82, 2.24) is 4.90 Å². The Bertz CT molecular complexity index is 516. The van der Waals surface area contributed by atoms with E-state index >= 15 is 0 Å². The van der Waals surface area contributed by atoms with Gasteiger partial charge in [-0.05, 0) is 31.6 Å². The minimum absolute atomic E-state index is 0. The number of hydrogen-bond acceptors (Lipinski definition) is 2. The molecule has 0 spiro atoms. The Morgan fingerprint density at radius 2 is 1.38 bits per heavy atom. The summed E-state index contributed by atoms with van der Waals surface area (Å²) in [6.07, 6.45) is 1.05. The maximum absolute atomic E-state index is 6.34. The molecule has 2 aromatic rings. The SMILES string of the molecule is CN(C)C1CCOC1(c1ccccc1)c1ccccc1.Cl. The van der Waals surface area contributed by atoms with Crippen molar-refractivity contribution in [2.24, 2.45) is 0 Å². The fourth-order valence-electron chi connectivity index (χ4n) is 3.34. The summed E-state index contributed by atoms with van der Waals surface area (Å²) in [5.74, 6) is 0. The highest BCUT2D eigenvalue weighted by Crippen LogP contribution is 2.44. The first kappa shape index (κ1) is 16.0. The van der Waals surface area contributed by atoms with Crippen LogP contribution in [0.25, 0.3) is 0 Å². The highest BCUT2D eigenvalue weighted by Gasteiger charge is 2.48. The highest BCUT2D eigenvalue weighted by atomic mass is 35.5. The standard InChI is InChI=1S/C18H21NO.ClH/c1-19(2)17-13-14-20-18(17,15-9-5-3-6-10-15)16-11-7-4-8-12-16;/h3-12,17H,13-14H2,1-2H3;1H. The van der Waals surface area contributed by atoms with Crippen LogP contribution in [0.4, 0.5) is 0 Å². The topological polar surface area (TPSA) is 12.5 Å². The summed E-state index contributed by atoms with van der Waals surface area (Å²) < 4.78 is 6.34. The number of benzene rings is 2. The predicted molar refractivity (Wildman–Crippen MR) is 89.0 cm³/mol. The van der Waals surface area contributed by atoms with Crippen molar-refractivity contribution in [1.29, 1.82) is 0 Å². The highest BCUT2D eigenvalue weighted by molar-refractivity contribution is 5.85. The normalized spacial score (nSPS) is 20.2. The molecule has 3 heteroatoms. The Kier molecular flexibility index (Phi) is 5.04. The minimum Gasteiger partial charge on any atom is -0.364 e. The monoisotopic (exact) mass is 303 g/mol. The Morgan fingerprint density at radius 3 is 1.81 bits per heavy atom. The molecule has 1 unspecified atom stereocenters. The molecule has 0 amide bonds. The molecule has 112 valence electrons.